The molecule has 14 heteroatoms. The van der Waals surface area contributed by atoms with Gasteiger partial charge in [-0.3, -0.25) is 4.99 Å². The summed E-state index contributed by atoms with van der Waals surface area (Å²) >= 11 is 4.80. The molecule has 0 amide bonds. The maximum absolute atomic E-state index is 14.7. The number of anilines is 2. The van der Waals surface area contributed by atoms with Crippen molar-refractivity contribution >= 4 is 56.7 Å². The van der Waals surface area contributed by atoms with Crippen LogP contribution in [0.3, 0.4) is 0 Å². The van der Waals surface area contributed by atoms with Gasteiger partial charge in [-0.15, -0.1) is 11.3 Å². The lowest BCUT2D eigenvalue weighted by atomic mass is 9.85. The molecule has 3 aromatic rings. The predicted molar refractivity (Wildman–Crippen MR) is 170 cm³/mol. The molecular formula is C30H33BrFN7O4S. The van der Waals surface area contributed by atoms with Crippen LogP contribution in [-0.4, -0.2) is 73.1 Å². The molecule has 44 heavy (non-hydrogen) atoms. The molecule has 4 heterocycles. The number of halogens is 2. The standard InChI is InChI=1S/C30H33BrFN7O4S/c1-5-42-28(40)21-23(35-26(27-33-12-15-44-27)36-24(21)18-8-7-9-19(32)22(18)31)17-10-13-39(14-11-17)30-34-16-20(38(3)4)25(37-30)29(41)43-6-2/h7-9,12,15-17,24H,5-6,10-11,13-14H2,1-4H3,(H,35,36). The number of ether oxygens (including phenoxy) is 2. The minimum absolute atomic E-state index is 0.0865. The van der Waals surface area contributed by atoms with E-state index in [1.54, 1.807) is 43.3 Å². The highest BCUT2D eigenvalue weighted by Crippen LogP contribution is 2.40. The third kappa shape index (κ3) is 6.46. The summed E-state index contributed by atoms with van der Waals surface area (Å²) in [7, 11) is 3.63. The normalized spacial score (nSPS) is 17.2. The Morgan fingerprint density at radius 1 is 1.14 bits per heavy atom. The number of carbonyl (C=O) groups excluding carboxylic acids is 2. The van der Waals surface area contributed by atoms with E-state index in [1.807, 2.05) is 24.4 Å². The van der Waals surface area contributed by atoms with E-state index < -0.39 is 23.8 Å². The molecule has 0 bridgehead atoms. The summed E-state index contributed by atoms with van der Waals surface area (Å²) in [6.45, 7) is 5.04. The van der Waals surface area contributed by atoms with Crippen LogP contribution in [0.4, 0.5) is 16.0 Å². The Morgan fingerprint density at radius 2 is 1.86 bits per heavy atom. The molecule has 232 valence electrons. The fraction of sp³-hybridized carbons (Fsp3) is 0.400. The SMILES string of the molecule is CCOC(=O)C1=C(C2CCN(c3ncc(N(C)C)c(C(=O)OCC)n3)CC2)NC(c2nccs2)=NC1c1cccc(F)c1Br. The van der Waals surface area contributed by atoms with Gasteiger partial charge >= 0.3 is 11.9 Å². The molecule has 0 radical (unpaired) electrons. The highest BCUT2D eigenvalue weighted by Gasteiger charge is 2.38. The van der Waals surface area contributed by atoms with Crippen LogP contribution >= 0.6 is 27.3 Å². The number of thiazole rings is 1. The van der Waals surface area contributed by atoms with Crippen LogP contribution in [0.5, 0.6) is 0 Å². The molecule has 1 saturated heterocycles. The first-order valence-corrected chi connectivity index (χ1v) is 16.0. The number of nitrogens with zero attached hydrogens (tertiary/aromatic N) is 6. The first-order valence-electron chi connectivity index (χ1n) is 14.3. The van der Waals surface area contributed by atoms with Gasteiger partial charge in [-0.05, 0) is 54.2 Å². The predicted octanol–water partition coefficient (Wildman–Crippen LogP) is 4.90. The number of nitrogens with one attached hydrogen (secondary N) is 1. The summed E-state index contributed by atoms with van der Waals surface area (Å²) in [4.78, 5) is 48.5. The number of hydrogen-bond donors (Lipinski definition) is 1. The zero-order valence-corrected chi connectivity index (χ0v) is 27.2. The van der Waals surface area contributed by atoms with Crippen molar-refractivity contribution < 1.29 is 23.5 Å². The number of hydrogen-bond acceptors (Lipinski definition) is 12. The van der Waals surface area contributed by atoms with Crippen molar-refractivity contribution in [3.63, 3.8) is 0 Å². The van der Waals surface area contributed by atoms with Gasteiger partial charge in [0.2, 0.25) is 5.95 Å². The minimum Gasteiger partial charge on any atom is -0.463 e. The lowest BCUT2D eigenvalue weighted by Gasteiger charge is -2.37. The number of rotatable bonds is 9. The molecule has 0 saturated carbocycles. The third-order valence-corrected chi connectivity index (χ3v) is 8.99. The van der Waals surface area contributed by atoms with Crippen LogP contribution in [0.15, 0.2) is 56.7 Å². The summed E-state index contributed by atoms with van der Waals surface area (Å²) in [6.07, 6.45) is 4.59. The second-order valence-corrected chi connectivity index (χ2v) is 12.0. The lowest BCUT2D eigenvalue weighted by Crippen LogP contribution is -2.42. The molecule has 2 aromatic heterocycles. The molecule has 2 aliphatic heterocycles. The Morgan fingerprint density at radius 3 is 2.52 bits per heavy atom. The quantitative estimate of drug-likeness (QED) is 0.311. The fourth-order valence-electron chi connectivity index (χ4n) is 5.29. The summed E-state index contributed by atoms with van der Waals surface area (Å²) in [6, 6.07) is 3.89. The van der Waals surface area contributed by atoms with Crippen molar-refractivity contribution in [2.75, 3.05) is 50.2 Å². The molecule has 5 rings (SSSR count). The minimum atomic E-state index is -0.818. The number of allylic oxidation sites excluding steroid dienone is 1. The van der Waals surface area contributed by atoms with E-state index in [-0.39, 0.29) is 29.3 Å². The zero-order chi connectivity index (χ0) is 31.4. The van der Waals surface area contributed by atoms with Crippen LogP contribution in [0.1, 0.15) is 53.8 Å². The van der Waals surface area contributed by atoms with Gasteiger partial charge in [-0.2, -0.15) is 0 Å². The smallest absolute Gasteiger partial charge is 0.359 e. The second kappa shape index (κ2) is 13.8. The van der Waals surface area contributed by atoms with Crippen LogP contribution < -0.4 is 15.1 Å². The first-order chi connectivity index (χ1) is 21.2. The van der Waals surface area contributed by atoms with E-state index in [0.717, 1.165) is 0 Å². The van der Waals surface area contributed by atoms with Gasteiger partial charge in [0.25, 0.3) is 0 Å². The van der Waals surface area contributed by atoms with E-state index >= 15 is 0 Å². The molecule has 11 nitrogen and oxygen atoms in total. The van der Waals surface area contributed by atoms with Crippen LogP contribution in [-0.2, 0) is 14.3 Å². The van der Waals surface area contributed by atoms with Crippen molar-refractivity contribution in [2.45, 2.75) is 32.7 Å². The van der Waals surface area contributed by atoms with Gasteiger partial charge < -0.3 is 24.6 Å². The number of piperidine rings is 1. The summed E-state index contributed by atoms with van der Waals surface area (Å²) in [5, 5.41) is 5.92. The average Bonchev–Trinajstić information content (AvgIpc) is 3.57. The lowest BCUT2D eigenvalue weighted by molar-refractivity contribution is -0.139. The molecule has 2 aliphatic rings. The topological polar surface area (TPSA) is 122 Å². The second-order valence-electron chi connectivity index (χ2n) is 10.3. The molecular weight excluding hydrogens is 653 g/mol. The number of aliphatic imine (C=N–C) groups is 1. The number of amidine groups is 1. The number of benzene rings is 1. The first kappa shape index (κ1) is 31.5. The molecule has 1 atom stereocenters. The number of aromatic nitrogens is 3. The van der Waals surface area contributed by atoms with Crippen LogP contribution in [0.25, 0.3) is 0 Å². The van der Waals surface area contributed by atoms with Crippen LogP contribution in [0, 0.1) is 11.7 Å². The van der Waals surface area contributed by atoms with Gasteiger partial charge in [0, 0.05) is 50.4 Å². The van der Waals surface area contributed by atoms with Crippen molar-refractivity contribution in [1.29, 1.82) is 0 Å². The number of carbonyl (C=O) groups is 2. The molecule has 1 fully saturated rings. The summed E-state index contributed by atoms with van der Waals surface area (Å²) < 4.78 is 25.7. The Hall–Kier alpha value is -3.91. The number of esters is 2. The van der Waals surface area contributed by atoms with Crippen molar-refractivity contribution in [2.24, 2.45) is 10.9 Å². The zero-order valence-electron chi connectivity index (χ0n) is 24.8. The van der Waals surface area contributed by atoms with Crippen molar-refractivity contribution in [3.05, 3.63) is 73.8 Å². The summed E-state index contributed by atoms with van der Waals surface area (Å²) in [5.41, 5.74) is 2.31. The van der Waals surface area contributed by atoms with E-state index in [4.69, 9.17) is 14.5 Å². The van der Waals surface area contributed by atoms with Gasteiger partial charge in [0.15, 0.2) is 16.5 Å². The molecule has 1 unspecified atom stereocenters. The maximum Gasteiger partial charge on any atom is 0.359 e. The fourth-order valence-corrected chi connectivity index (χ4v) is 6.36. The van der Waals surface area contributed by atoms with E-state index in [9.17, 15) is 14.0 Å². The Kier molecular flexibility index (Phi) is 9.89. The van der Waals surface area contributed by atoms with Gasteiger partial charge in [0.05, 0.1) is 35.1 Å². The Balaban J connectivity index is 1.50. The third-order valence-electron chi connectivity index (χ3n) is 7.37. The van der Waals surface area contributed by atoms with E-state index in [1.165, 1.54) is 17.4 Å². The van der Waals surface area contributed by atoms with E-state index in [0.29, 0.717) is 65.2 Å². The molecule has 0 spiro atoms. The molecule has 0 aliphatic carbocycles. The highest BCUT2D eigenvalue weighted by atomic mass is 79.9. The largest absolute Gasteiger partial charge is 0.463 e. The monoisotopic (exact) mass is 685 g/mol. The summed E-state index contributed by atoms with van der Waals surface area (Å²) in [5.74, 6) is -0.617. The molecule has 1 aromatic carbocycles. The van der Waals surface area contributed by atoms with Gasteiger partial charge in [-0.1, -0.05) is 12.1 Å². The van der Waals surface area contributed by atoms with Crippen LogP contribution in [0.2, 0.25) is 0 Å². The Bertz CT molecular complexity index is 1590. The Labute approximate surface area is 267 Å². The highest BCUT2D eigenvalue weighted by molar-refractivity contribution is 9.10. The van der Waals surface area contributed by atoms with Crippen molar-refractivity contribution in [3.8, 4) is 0 Å². The van der Waals surface area contributed by atoms with Gasteiger partial charge in [-0.25, -0.2) is 28.9 Å². The maximum atomic E-state index is 14.7. The van der Waals surface area contributed by atoms with Crippen molar-refractivity contribution in [1.82, 2.24) is 20.3 Å². The average molecular weight is 687 g/mol. The molecule has 1 N–H and O–H groups in total. The van der Waals surface area contributed by atoms with Gasteiger partial charge in [0.1, 0.15) is 11.9 Å². The van der Waals surface area contributed by atoms with E-state index in [2.05, 4.69) is 36.2 Å².